The van der Waals surface area contributed by atoms with Crippen molar-refractivity contribution in [1.29, 1.82) is 0 Å². The molecule has 0 aromatic heterocycles. The van der Waals surface area contributed by atoms with Crippen molar-refractivity contribution in [3.63, 3.8) is 0 Å². The largest absolute Gasteiger partial charge is 0.497 e. The van der Waals surface area contributed by atoms with Gasteiger partial charge in [-0.25, -0.2) is 0 Å². The molecule has 0 radical (unpaired) electrons. The lowest BCUT2D eigenvalue weighted by molar-refractivity contribution is -0.152. The Balaban J connectivity index is 1.89. The Morgan fingerprint density at radius 1 is 1.10 bits per heavy atom. The maximum absolute atomic E-state index is 12.8. The first-order valence-corrected chi connectivity index (χ1v) is 9.18. The van der Waals surface area contributed by atoms with Gasteiger partial charge in [0.2, 0.25) is 0 Å². The van der Waals surface area contributed by atoms with E-state index in [1.165, 1.54) is 26.2 Å². The van der Waals surface area contributed by atoms with Gasteiger partial charge in [0.05, 0.1) is 23.4 Å². The lowest BCUT2D eigenvalue weighted by atomic mass is 10.2. The van der Waals surface area contributed by atoms with Crippen LogP contribution in [0, 0.1) is 0 Å². The molecule has 0 aliphatic carbocycles. The summed E-state index contributed by atoms with van der Waals surface area (Å²) in [6, 6.07) is 8.56. The van der Waals surface area contributed by atoms with Crippen molar-refractivity contribution in [2.45, 2.75) is 19.2 Å². The van der Waals surface area contributed by atoms with E-state index in [4.69, 9.17) is 21.1 Å². The summed E-state index contributed by atoms with van der Waals surface area (Å²) in [5.74, 6) is -1.81. The number of benzene rings is 2. The predicted molar refractivity (Wildman–Crippen MR) is 106 cm³/mol. The molecule has 0 aliphatic rings. The number of esters is 1. The third-order valence-electron chi connectivity index (χ3n) is 3.97. The molecule has 2 N–H and O–H groups in total. The number of rotatable bonds is 7. The van der Waals surface area contributed by atoms with Gasteiger partial charge in [0, 0.05) is 5.56 Å². The second kappa shape index (κ2) is 10.2. The van der Waals surface area contributed by atoms with Crippen LogP contribution in [0.4, 0.5) is 18.9 Å². The Labute approximate surface area is 180 Å². The molecule has 2 rings (SSSR count). The van der Waals surface area contributed by atoms with Crippen molar-refractivity contribution >= 4 is 35.1 Å². The minimum atomic E-state index is -4.62. The van der Waals surface area contributed by atoms with Crippen molar-refractivity contribution in [1.82, 2.24) is 5.32 Å². The van der Waals surface area contributed by atoms with Crippen molar-refractivity contribution in [2.75, 3.05) is 19.0 Å². The average molecular weight is 459 g/mol. The molecule has 0 heterocycles. The minimum Gasteiger partial charge on any atom is -0.497 e. The Morgan fingerprint density at radius 3 is 2.32 bits per heavy atom. The lowest BCUT2D eigenvalue weighted by Gasteiger charge is -2.16. The molecule has 0 unspecified atom stereocenters. The van der Waals surface area contributed by atoms with Gasteiger partial charge in [-0.1, -0.05) is 11.6 Å². The summed E-state index contributed by atoms with van der Waals surface area (Å²) in [5, 5.41) is 4.39. The second-order valence-electron chi connectivity index (χ2n) is 6.22. The second-order valence-corrected chi connectivity index (χ2v) is 6.63. The van der Waals surface area contributed by atoms with Gasteiger partial charge in [-0.05, 0) is 49.4 Å². The molecule has 31 heavy (non-hydrogen) atoms. The number of ether oxygens (including phenoxy) is 2. The van der Waals surface area contributed by atoms with Crippen molar-refractivity contribution in [3.8, 4) is 5.75 Å². The summed E-state index contributed by atoms with van der Waals surface area (Å²) in [4.78, 5) is 36.1. The summed E-state index contributed by atoms with van der Waals surface area (Å²) >= 11 is 5.82. The Kier molecular flexibility index (Phi) is 7.87. The summed E-state index contributed by atoms with van der Waals surface area (Å²) in [5.41, 5.74) is -1.01. The Hall–Kier alpha value is -3.27. The van der Waals surface area contributed by atoms with E-state index in [1.54, 1.807) is 12.1 Å². The summed E-state index contributed by atoms with van der Waals surface area (Å²) in [6.45, 7) is 0.701. The zero-order chi connectivity index (χ0) is 23.2. The summed E-state index contributed by atoms with van der Waals surface area (Å²) in [6.07, 6.45) is -5.97. The number of carbonyl (C=O) groups is 3. The quantitative estimate of drug-likeness (QED) is 0.617. The van der Waals surface area contributed by atoms with E-state index < -0.39 is 42.2 Å². The molecular weight excluding hydrogens is 441 g/mol. The van der Waals surface area contributed by atoms with Gasteiger partial charge in [-0.2, -0.15) is 13.2 Å². The van der Waals surface area contributed by atoms with Crippen LogP contribution >= 0.6 is 11.6 Å². The minimum absolute atomic E-state index is 0.119. The van der Waals surface area contributed by atoms with E-state index >= 15 is 0 Å². The molecule has 0 saturated carbocycles. The SMILES string of the molecule is COc1ccc(C(=O)NCC(=O)O[C@H](C)C(=O)Nc2cc(C(F)(F)F)ccc2Cl)cc1. The number of hydrogen-bond acceptors (Lipinski definition) is 5. The van der Waals surface area contributed by atoms with Gasteiger partial charge < -0.3 is 20.1 Å². The third kappa shape index (κ3) is 6.88. The van der Waals surface area contributed by atoms with Crippen LogP contribution in [0.2, 0.25) is 5.02 Å². The molecule has 2 aromatic carbocycles. The summed E-state index contributed by atoms with van der Waals surface area (Å²) < 4.78 is 48.3. The molecule has 0 bridgehead atoms. The highest BCUT2D eigenvalue weighted by atomic mass is 35.5. The average Bonchev–Trinajstić information content (AvgIpc) is 2.72. The van der Waals surface area contributed by atoms with Crippen LogP contribution in [0.1, 0.15) is 22.8 Å². The highest BCUT2D eigenvalue weighted by Crippen LogP contribution is 2.33. The lowest BCUT2D eigenvalue weighted by Crippen LogP contribution is -2.35. The zero-order valence-electron chi connectivity index (χ0n) is 16.4. The van der Waals surface area contributed by atoms with Crippen molar-refractivity contribution < 1.29 is 37.0 Å². The molecule has 0 aliphatic heterocycles. The molecule has 1 atom stereocenters. The molecule has 11 heteroatoms. The highest BCUT2D eigenvalue weighted by Gasteiger charge is 2.31. The molecule has 0 spiro atoms. The predicted octanol–water partition coefficient (Wildman–Crippen LogP) is 3.67. The van der Waals surface area contributed by atoms with E-state index in [9.17, 15) is 27.6 Å². The molecule has 166 valence electrons. The number of hydrogen-bond donors (Lipinski definition) is 2. The third-order valence-corrected chi connectivity index (χ3v) is 4.30. The van der Waals surface area contributed by atoms with E-state index in [2.05, 4.69) is 10.6 Å². The fourth-order valence-corrected chi connectivity index (χ4v) is 2.49. The van der Waals surface area contributed by atoms with Crippen molar-refractivity contribution in [3.05, 3.63) is 58.6 Å². The molecule has 7 nitrogen and oxygen atoms in total. The van der Waals surface area contributed by atoms with Gasteiger partial charge in [-0.15, -0.1) is 0 Å². The fourth-order valence-electron chi connectivity index (χ4n) is 2.32. The van der Waals surface area contributed by atoms with Crippen LogP contribution in [0.3, 0.4) is 0 Å². The number of alkyl halides is 3. The van der Waals surface area contributed by atoms with E-state index in [1.807, 2.05) is 0 Å². The molecule has 2 aromatic rings. The van der Waals surface area contributed by atoms with Gasteiger partial charge in [0.1, 0.15) is 12.3 Å². The van der Waals surface area contributed by atoms with E-state index in [0.717, 1.165) is 12.1 Å². The van der Waals surface area contributed by atoms with Gasteiger partial charge >= 0.3 is 12.1 Å². The van der Waals surface area contributed by atoms with E-state index in [0.29, 0.717) is 11.8 Å². The number of nitrogens with one attached hydrogen (secondary N) is 2. The van der Waals surface area contributed by atoms with Crippen LogP contribution < -0.4 is 15.4 Å². The number of methoxy groups -OCH3 is 1. The first kappa shape index (κ1) is 24.0. The normalized spacial score (nSPS) is 11.9. The Bertz CT molecular complexity index is 964. The van der Waals surface area contributed by atoms with Crippen molar-refractivity contribution in [2.24, 2.45) is 0 Å². The topological polar surface area (TPSA) is 93.7 Å². The number of anilines is 1. The van der Waals surface area contributed by atoms with Gasteiger partial charge in [-0.3, -0.25) is 14.4 Å². The molecule has 0 fully saturated rings. The molecular formula is C20H18ClF3N2O5. The van der Waals surface area contributed by atoms with E-state index in [-0.39, 0.29) is 16.3 Å². The Morgan fingerprint density at radius 2 is 1.74 bits per heavy atom. The standard InChI is InChI=1S/C20H18ClF3N2O5/c1-11(18(28)26-16-9-13(20(22,23)24)5-8-15(16)21)31-17(27)10-25-19(29)12-3-6-14(30-2)7-4-12/h3-9,11H,10H2,1-2H3,(H,25,29)(H,26,28)/t11-/m1/s1. The smallest absolute Gasteiger partial charge is 0.416 e. The number of amides is 2. The first-order chi connectivity index (χ1) is 14.5. The number of halogens is 4. The van der Waals surface area contributed by atoms with Crippen LogP contribution in [0.25, 0.3) is 0 Å². The highest BCUT2D eigenvalue weighted by molar-refractivity contribution is 6.33. The van der Waals surface area contributed by atoms with Crippen LogP contribution in [-0.4, -0.2) is 37.5 Å². The van der Waals surface area contributed by atoms with Crippen LogP contribution in [0.5, 0.6) is 5.75 Å². The fraction of sp³-hybridized carbons (Fsp3) is 0.250. The monoisotopic (exact) mass is 458 g/mol. The summed E-state index contributed by atoms with van der Waals surface area (Å²) in [7, 11) is 1.48. The van der Waals surface area contributed by atoms with Gasteiger partial charge in [0.15, 0.2) is 6.10 Å². The maximum atomic E-state index is 12.8. The first-order valence-electron chi connectivity index (χ1n) is 8.80. The van der Waals surface area contributed by atoms with Gasteiger partial charge in [0.25, 0.3) is 11.8 Å². The number of carbonyl (C=O) groups excluding carboxylic acids is 3. The maximum Gasteiger partial charge on any atom is 0.416 e. The van der Waals surface area contributed by atoms with Crippen LogP contribution in [0.15, 0.2) is 42.5 Å². The zero-order valence-corrected chi connectivity index (χ0v) is 17.1. The molecule has 0 saturated heterocycles. The molecule has 2 amide bonds. The van der Waals surface area contributed by atoms with Crippen LogP contribution in [-0.2, 0) is 20.5 Å².